The van der Waals surface area contributed by atoms with Gasteiger partial charge in [0.1, 0.15) is 0 Å². The number of carboxylic acid groups (broad SMARTS) is 1. The van der Waals surface area contributed by atoms with Crippen molar-refractivity contribution in [1.29, 1.82) is 0 Å². The summed E-state index contributed by atoms with van der Waals surface area (Å²) in [5.74, 6) is -1.58. The number of nitrogens with one attached hydrogen (secondary N) is 1. The third-order valence-corrected chi connectivity index (χ3v) is 3.60. The number of amides is 1. The zero-order valence-electron chi connectivity index (χ0n) is 12.3. The van der Waals surface area contributed by atoms with Gasteiger partial charge in [0, 0.05) is 11.3 Å². The molecule has 0 saturated heterocycles. The lowest BCUT2D eigenvalue weighted by molar-refractivity contribution is -0.254. The van der Waals surface area contributed by atoms with Crippen molar-refractivity contribution in [2.75, 3.05) is 5.32 Å². The molecule has 0 bridgehead atoms. The molecule has 1 amide bonds. The molecule has 0 aliphatic heterocycles. The average molecular weight is 304 g/mol. The van der Waals surface area contributed by atoms with Crippen LogP contribution in [-0.4, -0.2) is 11.9 Å². The molecule has 3 rings (SSSR count). The van der Waals surface area contributed by atoms with Gasteiger partial charge in [0.15, 0.2) is 0 Å². The van der Waals surface area contributed by atoms with Crippen LogP contribution < -0.4 is 10.4 Å². The van der Waals surface area contributed by atoms with E-state index in [4.69, 9.17) is 0 Å². The summed E-state index contributed by atoms with van der Waals surface area (Å²) in [5, 5.41) is 15.8. The largest absolute Gasteiger partial charge is 0.545 e. The summed E-state index contributed by atoms with van der Waals surface area (Å²) >= 11 is 0. The number of benzene rings is 3. The highest BCUT2D eigenvalue weighted by Gasteiger charge is 2.08. The number of carbonyl (C=O) groups excluding carboxylic acids is 2. The third-order valence-electron chi connectivity index (χ3n) is 3.60. The predicted octanol–water partition coefficient (Wildman–Crippen LogP) is 2.38. The summed E-state index contributed by atoms with van der Waals surface area (Å²) in [6.07, 6.45) is 0.173. The molecular formula is C19H14NO3-. The molecule has 4 heteroatoms. The predicted molar refractivity (Wildman–Crippen MR) is 87.1 cm³/mol. The van der Waals surface area contributed by atoms with Crippen molar-refractivity contribution in [3.05, 3.63) is 77.9 Å². The van der Waals surface area contributed by atoms with Crippen LogP contribution in [0, 0.1) is 0 Å². The van der Waals surface area contributed by atoms with Gasteiger partial charge in [-0.1, -0.05) is 60.7 Å². The van der Waals surface area contributed by atoms with Gasteiger partial charge in [0.05, 0.1) is 12.4 Å². The van der Waals surface area contributed by atoms with E-state index < -0.39 is 5.97 Å². The summed E-state index contributed by atoms with van der Waals surface area (Å²) in [6, 6.07) is 19.9. The number of para-hydroxylation sites is 1. The first kappa shape index (κ1) is 14.8. The summed E-state index contributed by atoms with van der Waals surface area (Å²) in [6.45, 7) is 0. The molecule has 114 valence electrons. The van der Waals surface area contributed by atoms with E-state index in [2.05, 4.69) is 5.32 Å². The van der Waals surface area contributed by atoms with E-state index in [1.165, 1.54) is 6.07 Å². The lowest BCUT2D eigenvalue weighted by Gasteiger charge is -2.11. The van der Waals surface area contributed by atoms with Crippen LogP contribution in [0.3, 0.4) is 0 Å². The van der Waals surface area contributed by atoms with Crippen LogP contribution >= 0.6 is 0 Å². The molecular weight excluding hydrogens is 290 g/mol. The van der Waals surface area contributed by atoms with Crippen molar-refractivity contribution < 1.29 is 14.7 Å². The highest BCUT2D eigenvalue weighted by molar-refractivity contribution is 6.00. The first-order valence-corrected chi connectivity index (χ1v) is 7.21. The highest BCUT2D eigenvalue weighted by atomic mass is 16.4. The molecule has 0 aliphatic carbocycles. The van der Waals surface area contributed by atoms with Gasteiger partial charge in [0.25, 0.3) is 0 Å². The number of aromatic carboxylic acids is 1. The minimum Gasteiger partial charge on any atom is -0.545 e. The van der Waals surface area contributed by atoms with Gasteiger partial charge in [-0.2, -0.15) is 0 Å². The van der Waals surface area contributed by atoms with E-state index in [-0.39, 0.29) is 23.6 Å². The van der Waals surface area contributed by atoms with Crippen LogP contribution in [0.25, 0.3) is 10.8 Å². The summed E-state index contributed by atoms with van der Waals surface area (Å²) in [4.78, 5) is 23.2. The Morgan fingerprint density at radius 3 is 2.35 bits per heavy atom. The second-order valence-corrected chi connectivity index (χ2v) is 5.24. The fourth-order valence-electron chi connectivity index (χ4n) is 2.50. The number of hydrogen-bond donors (Lipinski definition) is 1. The van der Waals surface area contributed by atoms with E-state index in [0.717, 1.165) is 16.3 Å². The van der Waals surface area contributed by atoms with Gasteiger partial charge in [-0.15, -0.1) is 0 Å². The van der Waals surface area contributed by atoms with E-state index >= 15 is 0 Å². The minimum atomic E-state index is -1.31. The normalized spacial score (nSPS) is 10.4. The Morgan fingerprint density at radius 1 is 0.870 bits per heavy atom. The fraction of sp³-hybridized carbons (Fsp3) is 0.0526. The second-order valence-electron chi connectivity index (χ2n) is 5.24. The topological polar surface area (TPSA) is 69.2 Å². The molecule has 0 spiro atoms. The molecule has 3 aromatic rings. The van der Waals surface area contributed by atoms with Crippen molar-refractivity contribution in [3.8, 4) is 0 Å². The van der Waals surface area contributed by atoms with Gasteiger partial charge in [-0.05, 0) is 22.4 Å². The molecule has 0 fully saturated rings. The number of carboxylic acids is 1. The van der Waals surface area contributed by atoms with Crippen LogP contribution in [0.4, 0.5) is 5.69 Å². The molecule has 0 saturated carbocycles. The zero-order chi connectivity index (χ0) is 16.2. The summed E-state index contributed by atoms with van der Waals surface area (Å²) in [7, 11) is 0. The van der Waals surface area contributed by atoms with Crippen LogP contribution in [-0.2, 0) is 11.2 Å². The van der Waals surface area contributed by atoms with E-state index in [1.807, 2.05) is 42.5 Å². The van der Waals surface area contributed by atoms with E-state index in [9.17, 15) is 14.7 Å². The van der Waals surface area contributed by atoms with Crippen molar-refractivity contribution in [2.24, 2.45) is 0 Å². The van der Waals surface area contributed by atoms with Crippen molar-refractivity contribution >= 4 is 28.3 Å². The Kier molecular flexibility index (Phi) is 4.06. The number of carbonyl (C=O) groups is 2. The fourth-order valence-corrected chi connectivity index (χ4v) is 2.50. The lowest BCUT2D eigenvalue weighted by Crippen LogP contribution is -2.25. The molecule has 23 heavy (non-hydrogen) atoms. The van der Waals surface area contributed by atoms with Gasteiger partial charge < -0.3 is 15.2 Å². The van der Waals surface area contributed by atoms with Crippen LogP contribution in [0.1, 0.15) is 15.9 Å². The van der Waals surface area contributed by atoms with Crippen LogP contribution in [0.15, 0.2) is 66.7 Å². The smallest absolute Gasteiger partial charge is 0.228 e. The van der Waals surface area contributed by atoms with Gasteiger partial charge in [-0.25, -0.2) is 0 Å². The van der Waals surface area contributed by atoms with E-state index in [1.54, 1.807) is 18.2 Å². The first-order valence-electron chi connectivity index (χ1n) is 7.21. The second kappa shape index (κ2) is 6.32. The molecule has 0 radical (unpaired) electrons. The average Bonchev–Trinajstić information content (AvgIpc) is 2.55. The SMILES string of the molecule is O=C(Cc1ccc2ccccc2c1)Nc1ccccc1C(=O)[O-]. The van der Waals surface area contributed by atoms with Gasteiger partial charge in [-0.3, -0.25) is 4.79 Å². The maximum absolute atomic E-state index is 12.2. The molecule has 0 aliphatic rings. The zero-order valence-corrected chi connectivity index (χ0v) is 12.3. The van der Waals surface area contributed by atoms with Crippen molar-refractivity contribution in [2.45, 2.75) is 6.42 Å². The molecule has 0 aromatic heterocycles. The third kappa shape index (κ3) is 3.37. The number of hydrogen-bond acceptors (Lipinski definition) is 3. The molecule has 3 aromatic carbocycles. The standard InChI is InChI=1S/C19H15NO3/c21-18(20-17-8-4-3-7-16(17)19(22)23)12-13-9-10-14-5-1-2-6-15(14)11-13/h1-11H,12H2,(H,20,21)(H,22,23)/p-1. The summed E-state index contributed by atoms with van der Waals surface area (Å²) in [5.41, 5.74) is 1.09. The summed E-state index contributed by atoms with van der Waals surface area (Å²) < 4.78 is 0. The quantitative estimate of drug-likeness (QED) is 0.804. The minimum absolute atomic E-state index is 0.0284. The first-order chi connectivity index (χ1) is 11.1. The molecule has 0 heterocycles. The highest BCUT2D eigenvalue weighted by Crippen LogP contribution is 2.18. The number of anilines is 1. The Labute approximate surface area is 133 Å². The van der Waals surface area contributed by atoms with Gasteiger partial charge in [0.2, 0.25) is 5.91 Å². The molecule has 4 nitrogen and oxygen atoms in total. The van der Waals surface area contributed by atoms with Crippen LogP contribution in [0.5, 0.6) is 0 Å². The maximum atomic E-state index is 12.2. The maximum Gasteiger partial charge on any atom is 0.228 e. The molecule has 0 atom stereocenters. The Hall–Kier alpha value is -3.14. The number of rotatable bonds is 4. The lowest BCUT2D eigenvalue weighted by atomic mass is 10.0. The Morgan fingerprint density at radius 2 is 1.57 bits per heavy atom. The van der Waals surface area contributed by atoms with Gasteiger partial charge >= 0.3 is 0 Å². The Balaban J connectivity index is 1.77. The van der Waals surface area contributed by atoms with E-state index in [0.29, 0.717) is 0 Å². The number of fused-ring (bicyclic) bond motifs is 1. The van der Waals surface area contributed by atoms with Crippen LogP contribution in [0.2, 0.25) is 0 Å². The molecule has 0 unspecified atom stereocenters. The monoisotopic (exact) mass is 304 g/mol. The molecule has 1 N–H and O–H groups in total. The van der Waals surface area contributed by atoms with Crippen molar-refractivity contribution in [3.63, 3.8) is 0 Å². The Bertz CT molecular complexity index is 886. The van der Waals surface area contributed by atoms with Crippen molar-refractivity contribution in [1.82, 2.24) is 0 Å².